The summed E-state index contributed by atoms with van der Waals surface area (Å²) in [5, 5.41) is 12.4. The molecular weight excluding hydrogens is 578 g/mol. The van der Waals surface area contributed by atoms with Gasteiger partial charge >= 0.3 is 0 Å². The number of sulfonamides is 1. The SMILES string of the molecule is O=C(N[C@@H](Cc1ccc(O)cc1)C(=O)N1C=CC=CC=C1)c1ccc(S(=O)(=O)Nc2ccccc2Oc2ccccc2)cc1. The number of rotatable bonds is 10. The van der Waals surface area contributed by atoms with Crippen molar-refractivity contribution in [3.63, 3.8) is 0 Å². The summed E-state index contributed by atoms with van der Waals surface area (Å²) >= 11 is 0. The Hall–Kier alpha value is -5.61. The summed E-state index contributed by atoms with van der Waals surface area (Å²) in [6, 6.07) is 26.5. The Bertz CT molecular complexity index is 1800. The van der Waals surface area contributed by atoms with E-state index < -0.39 is 22.0 Å². The van der Waals surface area contributed by atoms with Crippen LogP contribution in [0, 0.1) is 0 Å². The molecule has 1 aliphatic rings. The number of carbonyl (C=O) groups is 2. The molecule has 0 unspecified atom stereocenters. The second-order valence-corrected chi connectivity index (χ2v) is 11.4. The van der Waals surface area contributed by atoms with Crippen molar-refractivity contribution in [2.45, 2.75) is 17.4 Å². The number of hydrogen-bond donors (Lipinski definition) is 3. The molecule has 10 heteroatoms. The number of para-hydroxylation sites is 3. The van der Waals surface area contributed by atoms with Crippen molar-refractivity contribution in [3.8, 4) is 17.2 Å². The number of nitrogens with zero attached hydrogens (tertiary/aromatic N) is 1. The number of aromatic hydroxyl groups is 1. The number of anilines is 1. The van der Waals surface area contributed by atoms with Crippen LogP contribution in [-0.2, 0) is 21.2 Å². The largest absolute Gasteiger partial charge is 0.508 e. The van der Waals surface area contributed by atoms with Gasteiger partial charge in [0.25, 0.3) is 21.8 Å². The normalized spacial score (nSPS) is 13.1. The minimum Gasteiger partial charge on any atom is -0.508 e. The maximum absolute atomic E-state index is 13.4. The van der Waals surface area contributed by atoms with E-state index in [0.717, 1.165) is 5.56 Å². The maximum atomic E-state index is 13.4. The molecule has 3 N–H and O–H groups in total. The highest BCUT2D eigenvalue weighted by atomic mass is 32.2. The van der Waals surface area contributed by atoms with Crippen molar-refractivity contribution >= 4 is 27.5 Å². The highest BCUT2D eigenvalue weighted by Crippen LogP contribution is 2.31. The molecule has 5 rings (SSSR count). The lowest BCUT2D eigenvalue weighted by Gasteiger charge is -2.23. The fraction of sp³-hybridized carbons (Fsp3) is 0.0588. The van der Waals surface area contributed by atoms with Crippen LogP contribution < -0.4 is 14.8 Å². The summed E-state index contributed by atoms with van der Waals surface area (Å²) in [7, 11) is -4.03. The lowest BCUT2D eigenvalue weighted by molar-refractivity contribution is -0.128. The van der Waals surface area contributed by atoms with Gasteiger partial charge in [-0.3, -0.25) is 19.2 Å². The van der Waals surface area contributed by atoms with Crippen LogP contribution in [0.5, 0.6) is 17.2 Å². The lowest BCUT2D eigenvalue weighted by Crippen LogP contribution is -2.47. The van der Waals surface area contributed by atoms with Gasteiger partial charge in [0.05, 0.1) is 10.6 Å². The third kappa shape index (κ3) is 7.61. The number of ether oxygens (including phenoxy) is 1. The lowest BCUT2D eigenvalue weighted by atomic mass is 10.0. The zero-order chi connectivity index (χ0) is 30.9. The zero-order valence-corrected chi connectivity index (χ0v) is 24.2. The van der Waals surface area contributed by atoms with E-state index in [2.05, 4.69) is 10.0 Å². The second kappa shape index (κ2) is 13.6. The molecule has 4 aromatic rings. The van der Waals surface area contributed by atoms with E-state index in [1.807, 2.05) is 18.2 Å². The summed E-state index contributed by atoms with van der Waals surface area (Å²) < 4.78 is 34.9. The van der Waals surface area contributed by atoms with Gasteiger partial charge in [-0.05, 0) is 78.4 Å². The van der Waals surface area contributed by atoms with Gasteiger partial charge in [0.1, 0.15) is 17.5 Å². The van der Waals surface area contributed by atoms with E-state index in [1.54, 1.807) is 85.2 Å². The summed E-state index contributed by atoms with van der Waals surface area (Å²) in [5.41, 5.74) is 1.15. The van der Waals surface area contributed by atoms with Gasteiger partial charge in [0, 0.05) is 24.4 Å². The summed E-state index contributed by atoms with van der Waals surface area (Å²) in [6.45, 7) is 0. The Morgan fingerprint density at radius 3 is 2.09 bits per heavy atom. The molecule has 9 nitrogen and oxygen atoms in total. The Morgan fingerprint density at radius 2 is 1.41 bits per heavy atom. The number of nitrogens with one attached hydrogen (secondary N) is 2. The molecule has 0 bridgehead atoms. The van der Waals surface area contributed by atoms with Gasteiger partial charge in [-0.25, -0.2) is 8.42 Å². The molecule has 0 saturated carbocycles. The van der Waals surface area contributed by atoms with Gasteiger partial charge in [0.2, 0.25) is 0 Å². The second-order valence-electron chi connectivity index (χ2n) is 9.75. The molecule has 1 aliphatic heterocycles. The third-order valence-electron chi connectivity index (χ3n) is 6.59. The van der Waals surface area contributed by atoms with Gasteiger partial charge < -0.3 is 15.2 Å². The molecule has 0 radical (unpaired) electrons. The standard InChI is InChI=1S/C34H29N3O6S/c38-27-18-14-25(15-19-27)24-31(34(40)37-22-8-1-2-9-23-37)35-33(39)26-16-20-29(21-17-26)44(41,42)36-30-12-6-7-13-32(30)43-28-10-4-3-5-11-28/h1-23,31,36,38H,24H2,(H,35,39)/t31-/m0/s1. The number of phenols is 1. The van der Waals surface area contributed by atoms with Crippen LogP contribution >= 0.6 is 0 Å². The Morgan fingerprint density at radius 1 is 0.773 bits per heavy atom. The molecule has 2 amide bonds. The molecule has 222 valence electrons. The quantitative estimate of drug-likeness (QED) is 0.211. The average molecular weight is 608 g/mol. The van der Waals surface area contributed by atoms with Crippen LogP contribution in [0.25, 0.3) is 0 Å². The van der Waals surface area contributed by atoms with Crippen molar-refractivity contribution in [2.75, 3.05) is 4.72 Å². The van der Waals surface area contributed by atoms with Crippen LogP contribution in [0.4, 0.5) is 5.69 Å². The Labute approximate surface area is 255 Å². The predicted molar refractivity (Wildman–Crippen MR) is 168 cm³/mol. The fourth-order valence-electron chi connectivity index (χ4n) is 4.34. The highest BCUT2D eigenvalue weighted by molar-refractivity contribution is 7.92. The summed E-state index contributed by atoms with van der Waals surface area (Å²) in [5.74, 6) is 0.0366. The monoisotopic (exact) mass is 607 g/mol. The van der Waals surface area contributed by atoms with E-state index in [9.17, 15) is 23.1 Å². The van der Waals surface area contributed by atoms with Crippen LogP contribution in [0.15, 0.2) is 145 Å². The Kier molecular flexibility index (Phi) is 9.22. The molecule has 1 atom stereocenters. The first-order valence-electron chi connectivity index (χ1n) is 13.7. The first-order chi connectivity index (χ1) is 21.3. The van der Waals surface area contributed by atoms with Crippen LogP contribution in [0.1, 0.15) is 15.9 Å². The van der Waals surface area contributed by atoms with Gasteiger partial charge in [0.15, 0.2) is 5.75 Å². The van der Waals surface area contributed by atoms with Crippen molar-refractivity contribution in [2.24, 2.45) is 0 Å². The van der Waals surface area contributed by atoms with E-state index in [0.29, 0.717) is 11.5 Å². The van der Waals surface area contributed by atoms with E-state index in [4.69, 9.17) is 4.74 Å². The number of phenolic OH excluding ortho intramolecular Hbond substituents is 1. The van der Waals surface area contributed by atoms with Crippen molar-refractivity contribution in [1.29, 1.82) is 0 Å². The molecule has 1 heterocycles. The zero-order valence-electron chi connectivity index (χ0n) is 23.4. The molecule has 0 aliphatic carbocycles. The number of amides is 2. The van der Waals surface area contributed by atoms with Gasteiger partial charge in [-0.2, -0.15) is 0 Å². The minimum atomic E-state index is -4.03. The number of hydrogen-bond acceptors (Lipinski definition) is 6. The molecule has 0 spiro atoms. The smallest absolute Gasteiger partial charge is 0.262 e. The molecule has 0 saturated heterocycles. The topological polar surface area (TPSA) is 125 Å². The van der Waals surface area contributed by atoms with Crippen molar-refractivity contribution < 1.29 is 27.9 Å². The molecule has 4 aromatic carbocycles. The van der Waals surface area contributed by atoms with Crippen LogP contribution in [0.3, 0.4) is 0 Å². The van der Waals surface area contributed by atoms with Gasteiger partial charge in [-0.1, -0.05) is 54.6 Å². The third-order valence-corrected chi connectivity index (χ3v) is 7.97. The van der Waals surface area contributed by atoms with E-state index in [1.165, 1.54) is 41.3 Å². The maximum Gasteiger partial charge on any atom is 0.262 e. The van der Waals surface area contributed by atoms with Gasteiger partial charge in [-0.15, -0.1) is 0 Å². The number of benzene rings is 4. The summed E-state index contributed by atoms with van der Waals surface area (Å²) in [6.07, 6.45) is 10.3. The molecular formula is C34H29N3O6S. The van der Waals surface area contributed by atoms with Crippen molar-refractivity contribution in [1.82, 2.24) is 10.2 Å². The van der Waals surface area contributed by atoms with Crippen LogP contribution in [-0.4, -0.2) is 36.3 Å². The summed E-state index contributed by atoms with van der Waals surface area (Å²) in [4.78, 5) is 28.0. The molecule has 44 heavy (non-hydrogen) atoms. The molecule has 0 aromatic heterocycles. The van der Waals surface area contributed by atoms with Crippen molar-refractivity contribution in [3.05, 3.63) is 151 Å². The van der Waals surface area contributed by atoms with E-state index in [-0.39, 0.29) is 34.2 Å². The number of carbonyl (C=O) groups excluding carboxylic acids is 2. The predicted octanol–water partition coefficient (Wildman–Crippen LogP) is 5.75. The highest BCUT2D eigenvalue weighted by Gasteiger charge is 2.26. The Balaban J connectivity index is 1.31. The van der Waals surface area contributed by atoms with Crippen LogP contribution in [0.2, 0.25) is 0 Å². The fourth-order valence-corrected chi connectivity index (χ4v) is 5.41. The number of allylic oxidation sites excluding steroid dienone is 4. The minimum absolute atomic E-state index is 0.0624. The first-order valence-corrected chi connectivity index (χ1v) is 15.1. The van der Waals surface area contributed by atoms with E-state index >= 15 is 0 Å². The first kappa shape index (κ1) is 29.9. The average Bonchev–Trinajstić information content (AvgIpc) is 3.33. The molecule has 0 fully saturated rings.